The summed E-state index contributed by atoms with van der Waals surface area (Å²) >= 11 is 0. The van der Waals surface area contributed by atoms with Gasteiger partial charge in [-0.05, 0) is 30.2 Å². The Balaban J connectivity index is 1.65. The maximum absolute atomic E-state index is 12.3. The Morgan fingerprint density at radius 3 is 2.68 bits per heavy atom. The minimum atomic E-state index is -0.195. The topological polar surface area (TPSA) is 109 Å². The number of hydrogen-bond acceptors (Lipinski definition) is 5. The number of nitrogens with zero attached hydrogens (tertiary/aromatic N) is 3. The van der Waals surface area contributed by atoms with E-state index in [1.165, 1.54) is 6.20 Å². The number of aromatic amines is 2. The molecule has 0 fully saturated rings. The average Bonchev–Trinajstić information content (AvgIpc) is 3.29. The first-order valence-corrected chi connectivity index (χ1v) is 7.95. The molecule has 0 saturated heterocycles. The summed E-state index contributed by atoms with van der Waals surface area (Å²) in [5.41, 5.74) is 2.23. The van der Waals surface area contributed by atoms with Crippen molar-refractivity contribution in [2.45, 2.75) is 26.3 Å². The van der Waals surface area contributed by atoms with Gasteiger partial charge in [0.2, 0.25) is 0 Å². The van der Waals surface area contributed by atoms with E-state index in [0.29, 0.717) is 17.2 Å². The number of amides is 1. The second-order valence-corrected chi connectivity index (χ2v) is 5.87. The molecule has 0 aliphatic heterocycles. The zero-order chi connectivity index (χ0) is 17.8. The molecule has 0 aliphatic rings. The monoisotopic (exact) mass is 340 g/mol. The molecule has 1 amide bonds. The molecule has 2 heterocycles. The van der Waals surface area contributed by atoms with Crippen molar-refractivity contribution in [3.05, 3.63) is 47.5 Å². The Morgan fingerprint density at radius 1 is 1.24 bits per heavy atom. The lowest BCUT2D eigenvalue weighted by Crippen LogP contribution is -2.24. The molecule has 1 aromatic carbocycles. The van der Waals surface area contributed by atoms with E-state index in [1.54, 1.807) is 7.11 Å². The lowest BCUT2D eigenvalue weighted by Gasteiger charge is -2.06. The van der Waals surface area contributed by atoms with E-state index in [4.69, 9.17) is 4.74 Å². The minimum absolute atomic E-state index is 0.190. The molecule has 3 rings (SSSR count). The molecule has 0 saturated carbocycles. The van der Waals surface area contributed by atoms with Gasteiger partial charge in [0.25, 0.3) is 5.91 Å². The first-order chi connectivity index (χ1) is 12.1. The zero-order valence-corrected chi connectivity index (χ0v) is 14.3. The van der Waals surface area contributed by atoms with E-state index in [0.717, 1.165) is 17.0 Å². The van der Waals surface area contributed by atoms with Crippen LogP contribution < -0.4 is 10.1 Å². The fraction of sp³-hybridized carbons (Fsp3) is 0.294. The van der Waals surface area contributed by atoms with Crippen molar-refractivity contribution in [3.63, 3.8) is 0 Å². The predicted octanol–water partition coefficient (Wildman–Crippen LogP) is 2.26. The summed E-state index contributed by atoms with van der Waals surface area (Å²) in [4.78, 5) is 16.7. The normalized spacial score (nSPS) is 10.9. The highest BCUT2D eigenvalue weighted by atomic mass is 16.5. The fourth-order valence-corrected chi connectivity index (χ4v) is 2.42. The van der Waals surface area contributed by atoms with Crippen LogP contribution in [-0.2, 0) is 6.54 Å². The largest absolute Gasteiger partial charge is 0.497 e. The van der Waals surface area contributed by atoms with Crippen LogP contribution in [0.15, 0.2) is 30.5 Å². The van der Waals surface area contributed by atoms with E-state index in [1.807, 2.05) is 38.1 Å². The first kappa shape index (κ1) is 16.7. The molecule has 3 aromatic rings. The molecular weight excluding hydrogens is 320 g/mol. The molecular formula is C17H20N6O2. The summed E-state index contributed by atoms with van der Waals surface area (Å²) in [6, 6.07) is 7.45. The van der Waals surface area contributed by atoms with Gasteiger partial charge in [-0.1, -0.05) is 13.8 Å². The molecule has 0 spiro atoms. The molecule has 2 aromatic heterocycles. The predicted molar refractivity (Wildman–Crippen MR) is 92.2 cm³/mol. The summed E-state index contributed by atoms with van der Waals surface area (Å²) < 4.78 is 5.13. The Labute approximate surface area is 145 Å². The third-order valence-corrected chi connectivity index (χ3v) is 3.79. The highest BCUT2D eigenvalue weighted by Crippen LogP contribution is 2.19. The van der Waals surface area contributed by atoms with Gasteiger partial charge in [-0.15, -0.1) is 0 Å². The van der Waals surface area contributed by atoms with Crippen molar-refractivity contribution in [3.8, 4) is 17.1 Å². The minimum Gasteiger partial charge on any atom is -0.497 e. The second-order valence-electron chi connectivity index (χ2n) is 5.87. The Kier molecular flexibility index (Phi) is 4.78. The van der Waals surface area contributed by atoms with Gasteiger partial charge in [0, 0.05) is 5.56 Å². The number of rotatable bonds is 6. The van der Waals surface area contributed by atoms with Crippen LogP contribution in [0.1, 0.15) is 41.6 Å². The van der Waals surface area contributed by atoms with Crippen molar-refractivity contribution < 1.29 is 9.53 Å². The number of carbonyl (C=O) groups is 1. The van der Waals surface area contributed by atoms with Crippen LogP contribution in [0.5, 0.6) is 5.75 Å². The van der Waals surface area contributed by atoms with Crippen LogP contribution in [0.25, 0.3) is 11.4 Å². The first-order valence-electron chi connectivity index (χ1n) is 7.95. The SMILES string of the molecule is COc1ccc(-c2n[nH]c(CNC(=O)c3cn[nH]c3C(C)C)n2)cc1. The summed E-state index contributed by atoms with van der Waals surface area (Å²) in [5.74, 6) is 1.91. The molecule has 0 aliphatic carbocycles. The Bertz CT molecular complexity index is 850. The maximum Gasteiger partial charge on any atom is 0.255 e. The number of ether oxygens (including phenoxy) is 1. The summed E-state index contributed by atoms with van der Waals surface area (Å²) in [7, 11) is 1.62. The highest BCUT2D eigenvalue weighted by Gasteiger charge is 2.16. The number of H-pyrrole nitrogens is 2. The zero-order valence-electron chi connectivity index (χ0n) is 14.3. The van der Waals surface area contributed by atoms with Gasteiger partial charge in [0.15, 0.2) is 5.82 Å². The molecule has 8 nitrogen and oxygen atoms in total. The smallest absolute Gasteiger partial charge is 0.255 e. The molecule has 0 unspecified atom stereocenters. The number of carbonyl (C=O) groups excluding carboxylic acids is 1. The van der Waals surface area contributed by atoms with Crippen LogP contribution in [0.4, 0.5) is 0 Å². The van der Waals surface area contributed by atoms with Crippen molar-refractivity contribution in [1.29, 1.82) is 0 Å². The molecule has 0 bridgehead atoms. The molecule has 3 N–H and O–H groups in total. The van der Waals surface area contributed by atoms with Crippen molar-refractivity contribution in [2.24, 2.45) is 0 Å². The lowest BCUT2D eigenvalue weighted by molar-refractivity contribution is 0.0948. The average molecular weight is 340 g/mol. The van der Waals surface area contributed by atoms with E-state index in [9.17, 15) is 4.79 Å². The van der Waals surface area contributed by atoms with Crippen LogP contribution in [0.3, 0.4) is 0 Å². The van der Waals surface area contributed by atoms with Crippen molar-refractivity contribution >= 4 is 5.91 Å². The quantitative estimate of drug-likeness (QED) is 0.638. The van der Waals surface area contributed by atoms with Gasteiger partial charge in [-0.2, -0.15) is 10.2 Å². The van der Waals surface area contributed by atoms with Gasteiger partial charge in [0.05, 0.1) is 31.1 Å². The van der Waals surface area contributed by atoms with Gasteiger partial charge in [0.1, 0.15) is 11.6 Å². The summed E-state index contributed by atoms with van der Waals surface area (Å²) in [5, 5.41) is 16.7. The Hall–Kier alpha value is -3.16. The number of methoxy groups -OCH3 is 1. The van der Waals surface area contributed by atoms with Crippen LogP contribution >= 0.6 is 0 Å². The van der Waals surface area contributed by atoms with Gasteiger partial charge in [-0.25, -0.2) is 4.98 Å². The van der Waals surface area contributed by atoms with Crippen LogP contribution in [-0.4, -0.2) is 38.4 Å². The van der Waals surface area contributed by atoms with E-state index in [-0.39, 0.29) is 18.4 Å². The maximum atomic E-state index is 12.3. The standard InChI is InChI=1S/C17H20N6O2/c1-10(2)15-13(8-19-22-15)17(24)18-9-14-20-16(23-21-14)11-4-6-12(25-3)7-5-11/h4-8,10H,9H2,1-3H3,(H,18,24)(H,19,22)(H,20,21,23). The molecule has 0 atom stereocenters. The van der Waals surface area contributed by atoms with Gasteiger partial charge < -0.3 is 10.1 Å². The molecule has 25 heavy (non-hydrogen) atoms. The molecule has 130 valence electrons. The van der Waals surface area contributed by atoms with Crippen molar-refractivity contribution in [2.75, 3.05) is 7.11 Å². The lowest BCUT2D eigenvalue weighted by atomic mass is 10.1. The summed E-state index contributed by atoms with van der Waals surface area (Å²) in [6.45, 7) is 4.26. The second kappa shape index (κ2) is 7.16. The highest BCUT2D eigenvalue weighted by molar-refractivity contribution is 5.95. The number of nitrogens with one attached hydrogen (secondary N) is 3. The number of aromatic nitrogens is 5. The third kappa shape index (κ3) is 3.68. The third-order valence-electron chi connectivity index (χ3n) is 3.79. The van der Waals surface area contributed by atoms with Gasteiger partial charge >= 0.3 is 0 Å². The number of hydrogen-bond donors (Lipinski definition) is 3. The molecule has 8 heteroatoms. The molecule has 0 radical (unpaired) electrons. The van der Waals surface area contributed by atoms with E-state index < -0.39 is 0 Å². The van der Waals surface area contributed by atoms with E-state index >= 15 is 0 Å². The summed E-state index contributed by atoms with van der Waals surface area (Å²) in [6.07, 6.45) is 1.54. The number of benzene rings is 1. The van der Waals surface area contributed by atoms with Crippen molar-refractivity contribution in [1.82, 2.24) is 30.7 Å². The van der Waals surface area contributed by atoms with Crippen LogP contribution in [0, 0.1) is 0 Å². The van der Waals surface area contributed by atoms with Crippen LogP contribution in [0.2, 0.25) is 0 Å². The van der Waals surface area contributed by atoms with E-state index in [2.05, 4.69) is 30.7 Å². The Morgan fingerprint density at radius 2 is 2.00 bits per heavy atom. The van der Waals surface area contributed by atoms with Gasteiger partial charge in [-0.3, -0.25) is 15.0 Å². The fourth-order valence-electron chi connectivity index (χ4n) is 2.42.